The molecule has 2 heterocycles. The first-order valence-corrected chi connectivity index (χ1v) is 8.81. The summed E-state index contributed by atoms with van der Waals surface area (Å²) in [6, 6.07) is 7.00. The summed E-state index contributed by atoms with van der Waals surface area (Å²) in [4.78, 5) is 28.6. The minimum absolute atomic E-state index is 0.0000694. The zero-order valence-corrected chi connectivity index (χ0v) is 15.2. The van der Waals surface area contributed by atoms with Crippen molar-refractivity contribution in [3.63, 3.8) is 0 Å². The van der Waals surface area contributed by atoms with Crippen LogP contribution in [0.5, 0.6) is 0 Å². The van der Waals surface area contributed by atoms with Gasteiger partial charge in [-0.25, -0.2) is 0 Å². The van der Waals surface area contributed by atoms with Gasteiger partial charge in [-0.05, 0) is 38.1 Å². The van der Waals surface area contributed by atoms with Crippen LogP contribution < -0.4 is 0 Å². The van der Waals surface area contributed by atoms with Crippen LogP contribution in [0.1, 0.15) is 24.9 Å². The van der Waals surface area contributed by atoms with Crippen molar-refractivity contribution in [2.45, 2.75) is 24.9 Å². The molecular formula is C18H23ClN2O4. The molecule has 0 bridgehead atoms. The molecule has 136 valence electrons. The van der Waals surface area contributed by atoms with Crippen LogP contribution in [0, 0.1) is 5.92 Å². The summed E-state index contributed by atoms with van der Waals surface area (Å²) in [6.07, 6.45) is 0.280. The second-order valence-electron chi connectivity index (χ2n) is 6.93. The van der Waals surface area contributed by atoms with Crippen LogP contribution >= 0.6 is 11.6 Å². The van der Waals surface area contributed by atoms with E-state index >= 15 is 0 Å². The molecular weight excluding hydrogens is 344 g/mol. The van der Waals surface area contributed by atoms with E-state index in [-0.39, 0.29) is 18.4 Å². The molecule has 3 rings (SSSR count). The molecule has 6 nitrogen and oxygen atoms in total. The molecule has 3 atom stereocenters. The van der Waals surface area contributed by atoms with Crippen molar-refractivity contribution in [2.75, 3.05) is 33.4 Å². The van der Waals surface area contributed by atoms with Crippen LogP contribution in [0.4, 0.5) is 0 Å². The highest BCUT2D eigenvalue weighted by atomic mass is 35.5. The van der Waals surface area contributed by atoms with Gasteiger partial charge < -0.3 is 14.7 Å². The summed E-state index contributed by atoms with van der Waals surface area (Å²) in [5.74, 6) is -1.32. The molecule has 0 spiro atoms. The highest BCUT2D eigenvalue weighted by Crippen LogP contribution is 2.46. The second-order valence-corrected chi connectivity index (χ2v) is 7.37. The van der Waals surface area contributed by atoms with Gasteiger partial charge in [0.2, 0.25) is 5.91 Å². The molecule has 2 aliphatic rings. The van der Waals surface area contributed by atoms with Gasteiger partial charge in [0.25, 0.3) is 0 Å². The third-order valence-electron chi connectivity index (χ3n) is 5.51. The van der Waals surface area contributed by atoms with Crippen LogP contribution in [-0.4, -0.2) is 65.7 Å². The maximum atomic E-state index is 13.1. The molecule has 0 radical (unpaired) electrons. The normalized spacial score (nSPS) is 30.4. The quantitative estimate of drug-likeness (QED) is 0.886. The molecule has 1 aromatic rings. The fraction of sp³-hybridized carbons (Fsp3) is 0.556. The lowest BCUT2D eigenvalue weighted by molar-refractivity contribution is -0.148. The first-order chi connectivity index (χ1) is 11.8. The number of halogens is 1. The summed E-state index contributed by atoms with van der Waals surface area (Å²) in [6.45, 7) is 3.84. The minimum Gasteiger partial charge on any atom is -0.480 e. The van der Waals surface area contributed by atoms with Crippen molar-refractivity contribution < 1.29 is 19.4 Å². The number of nitrogens with zero attached hydrogens (tertiary/aromatic N) is 2. The molecule has 1 N–H and O–H groups in total. The fourth-order valence-corrected chi connectivity index (χ4v) is 3.98. The van der Waals surface area contributed by atoms with Crippen LogP contribution in [0.2, 0.25) is 5.02 Å². The van der Waals surface area contributed by atoms with E-state index in [1.807, 2.05) is 17.0 Å². The van der Waals surface area contributed by atoms with E-state index in [4.69, 9.17) is 16.3 Å². The Morgan fingerprint density at radius 1 is 1.24 bits per heavy atom. The first-order valence-electron chi connectivity index (χ1n) is 8.43. The molecule has 1 amide bonds. The lowest BCUT2D eigenvalue weighted by Crippen LogP contribution is -2.46. The topological polar surface area (TPSA) is 70.1 Å². The number of benzene rings is 1. The van der Waals surface area contributed by atoms with Gasteiger partial charge in [-0.1, -0.05) is 23.7 Å². The second kappa shape index (κ2) is 6.94. The van der Waals surface area contributed by atoms with Gasteiger partial charge in [0.1, 0.15) is 5.54 Å². The molecule has 25 heavy (non-hydrogen) atoms. The first kappa shape index (κ1) is 18.2. The Bertz CT molecular complexity index is 660. The van der Waals surface area contributed by atoms with Gasteiger partial charge in [-0.15, -0.1) is 0 Å². The Hall–Kier alpha value is -1.63. The van der Waals surface area contributed by atoms with Gasteiger partial charge >= 0.3 is 5.97 Å². The molecule has 1 aromatic carbocycles. The van der Waals surface area contributed by atoms with Crippen LogP contribution in [0.25, 0.3) is 0 Å². The lowest BCUT2D eigenvalue weighted by atomic mass is 9.89. The Kier molecular flexibility index (Phi) is 5.04. The number of carboxylic acid groups (broad SMARTS) is 1. The van der Waals surface area contributed by atoms with E-state index in [2.05, 4.69) is 0 Å². The van der Waals surface area contributed by atoms with Crippen molar-refractivity contribution in [3.8, 4) is 0 Å². The monoisotopic (exact) mass is 366 g/mol. The van der Waals surface area contributed by atoms with E-state index in [1.54, 1.807) is 31.0 Å². The number of hydrogen-bond donors (Lipinski definition) is 1. The Balaban J connectivity index is 1.96. The summed E-state index contributed by atoms with van der Waals surface area (Å²) in [5.41, 5.74) is -0.180. The third kappa shape index (κ3) is 3.26. The average molecular weight is 367 g/mol. The van der Waals surface area contributed by atoms with E-state index in [1.165, 1.54) is 0 Å². The summed E-state index contributed by atoms with van der Waals surface area (Å²) >= 11 is 5.99. The largest absolute Gasteiger partial charge is 0.480 e. The summed E-state index contributed by atoms with van der Waals surface area (Å²) in [7, 11) is 1.78. The van der Waals surface area contributed by atoms with Crippen molar-refractivity contribution in [1.29, 1.82) is 0 Å². The molecule has 2 fully saturated rings. The fourth-order valence-electron chi connectivity index (χ4n) is 3.86. The number of amides is 1. The smallest absolute Gasteiger partial charge is 0.323 e. The van der Waals surface area contributed by atoms with E-state index < -0.39 is 17.4 Å². The number of carboxylic acids is 1. The van der Waals surface area contributed by atoms with Gasteiger partial charge in [-0.2, -0.15) is 0 Å². The molecule has 0 aliphatic carbocycles. The van der Waals surface area contributed by atoms with Crippen LogP contribution in [-0.2, 0) is 14.3 Å². The van der Waals surface area contributed by atoms with Crippen LogP contribution in [0.15, 0.2) is 24.3 Å². The van der Waals surface area contributed by atoms with Crippen molar-refractivity contribution in [1.82, 2.24) is 9.80 Å². The van der Waals surface area contributed by atoms with Crippen LogP contribution in [0.3, 0.4) is 0 Å². The SMILES string of the molecule is CN1[C@@H](c2ccc(Cl)cc2)[C@@H](C(=O)N2CCOCC2)C[C@@]1(C)C(=O)O. The highest BCUT2D eigenvalue weighted by Gasteiger charge is 2.55. The number of rotatable bonds is 3. The molecule has 2 saturated heterocycles. The Morgan fingerprint density at radius 2 is 1.84 bits per heavy atom. The zero-order valence-electron chi connectivity index (χ0n) is 14.4. The maximum absolute atomic E-state index is 13.1. The predicted octanol–water partition coefficient (Wildman–Crippen LogP) is 2.03. The molecule has 7 heteroatoms. The van der Waals surface area contributed by atoms with E-state index in [9.17, 15) is 14.7 Å². The van der Waals surface area contributed by atoms with E-state index in [0.29, 0.717) is 31.3 Å². The highest BCUT2D eigenvalue weighted by molar-refractivity contribution is 6.30. The number of aliphatic carboxylic acids is 1. The van der Waals surface area contributed by atoms with Gasteiger partial charge in [0, 0.05) is 24.2 Å². The van der Waals surface area contributed by atoms with E-state index in [0.717, 1.165) is 5.56 Å². The third-order valence-corrected chi connectivity index (χ3v) is 5.76. The standard InChI is InChI=1S/C18H23ClN2O4/c1-18(17(23)24)11-14(16(22)21-7-9-25-10-8-21)15(20(18)2)12-3-5-13(19)6-4-12/h3-6,14-15H,7-11H2,1-2H3,(H,23,24)/t14-,15-,18-/m0/s1. The molecule has 0 saturated carbocycles. The van der Waals surface area contributed by atoms with Gasteiger partial charge in [0.05, 0.1) is 19.1 Å². The predicted molar refractivity (Wildman–Crippen MR) is 93.5 cm³/mol. The lowest BCUT2D eigenvalue weighted by Gasteiger charge is -2.33. The summed E-state index contributed by atoms with van der Waals surface area (Å²) in [5, 5.41) is 10.4. The number of likely N-dealkylation sites (tertiary alicyclic amines) is 1. The zero-order chi connectivity index (χ0) is 18.2. The summed E-state index contributed by atoms with van der Waals surface area (Å²) < 4.78 is 5.32. The van der Waals surface area contributed by atoms with Crippen molar-refractivity contribution in [2.24, 2.45) is 5.92 Å². The Morgan fingerprint density at radius 3 is 2.40 bits per heavy atom. The average Bonchev–Trinajstić information content (AvgIpc) is 2.89. The van der Waals surface area contributed by atoms with Gasteiger partial charge in [-0.3, -0.25) is 14.5 Å². The number of hydrogen-bond acceptors (Lipinski definition) is 4. The Labute approximate surface area is 152 Å². The number of carbonyl (C=O) groups is 2. The molecule has 0 unspecified atom stereocenters. The van der Waals surface area contributed by atoms with Gasteiger partial charge in [0.15, 0.2) is 0 Å². The number of ether oxygens (including phenoxy) is 1. The number of morpholine rings is 1. The van der Waals surface area contributed by atoms with Crippen molar-refractivity contribution >= 4 is 23.5 Å². The van der Waals surface area contributed by atoms with Crippen molar-refractivity contribution in [3.05, 3.63) is 34.9 Å². The molecule has 0 aromatic heterocycles. The number of carbonyl (C=O) groups excluding carboxylic acids is 1. The number of likely N-dealkylation sites (N-methyl/N-ethyl adjacent to an activating group) is 1. The maximum Gasteiger partial charge on any atom is 0.323 e. The minimum atomic E-state index is -1.09. The molecule has 2 aliphatic heterocycles.